The van der Waals surface area contributed by atoms with Crippen LogP contribution in [0.4, 0.5) is 0 Å². The van der Waals surface area contributed by atoms with Gasteiger partial charge in [-0.25, -0.2) is 0 Å². The predicted molar refractivity (Wildman–Crippen MR) is 87.2 cm³/mol. The van der Waals surface area contributed by atoms with Crippen molar-refractivity contribution in [1.82, 2.24) is 9.80 Å². The van der Waals surface area contributed by atoms with E-state index in [1.165, 1.54) is 5.56 Å². The van der Waals surface area contributed by atoms with Crippen LogP contribution in [0.2, 0.25) is 0 Å². The van der Waals surface area contributed by atoms with Crippen LogP contribution in [0.3, 0.4) is 0 Å². The molecule has 22 heavy (non-hydrogen) atoms. The van der Waals surface area contributed by atoms with Crippen molar-refractivity contribution >= 4 is 5.91 Å². The first-order valence-electron chi connectivity index (χ1n) is 8.08. The number of benzene rings is 1. The molecule has 1 aliphatic rings. The maximum atomic E-state index is 12.0. The van der Waals surface area contributed by atoms with Crippen molar-refractivity contribution in [3.8, 4) is 6.07 Å². The van der Waals surface area contributed by atoms with Gasteiger partial charge in [-0.15, -0.1) is 0 Å². The van der Waals surface area contributed by atoms with Crippen LogP contribution in [0.5, 0.6) is 0 Å². The van der Waals surface area contributed by atoms with Crippen molar-refractivity contribution < 1.29 is 4.79 Å². The van der Waals surface area contributed by atoms with Crippen LogP contribution in [0.1, 0.15) is 37.9 Å². The molecule has 4 nitrogen and oxygen atoms in total. The molecular formula is C18H25N3O. The molecule has 1 fully saturated rings. The number of carbonyl (C=O) groups excluding carboxylic acids is 1. The highest BCUT2D eigenvalue weighted by Crippen LogP contribution is 2.22. The maximum Gasteiger partial charge on any atom is 0.225 e. The second-order valence-corrected chi connectivity index (χ2v) is 6.14. The lowest BCUT2D eigenvalue weighted by molar-refractivity contribution is -0.136. The smallest absolute Gasteiger partial charge is 0.225 e. The summed E-state index contributed by atoms with van der Waals surface area (Å²) in [6.07, 6.45) is 1.01. The van der Waals surface area contributed by atoms with Gasteiger partial charge in [0.15, 0.2) is 0 Å². The summed E-state index contributed by atoms with van der Waals surface area (Å²) >= 11 is 0. The van der Waals surface area contributed by atoms with Crippen LogP contribution in [-0.2, 0) is 11.2 Å². The van der Waals surface area contributed by atoms with E-state index in [2.05, 4.69) is 42.2 Å². The van der Waals surface area contributed by atoms with Gasteiger partial charge in [0.2, 0.25) is 5.91 Å². The fourth-order valence-corrected chi connectivity index (χ4v) is 2.87. The van der Waals surface area contributed by atoms with E-state index in [4.69, 9.17) is 0 Å². The maximum absolute atomic E-state index is 12.0. The third-order valence-electron chi connectivity index (χ3n) is 4.31. The number of rotatable bonds is 4. The number of piperazine rings is 1. The molecule has 1 unspecified atom stereocenters. The summed E-state index contributed by atoms with van der Waals surface area (Å²) in [6, 6.07) is 10.5. The zero-order chi connectivity index (χ0) is 16.1. The lowest BCUT2D eigenvalue weighted by Gasteiger charge is -2.37. The Bertz CT molecular complexity index is 536. The Morgan fingerprint density at radius 3 is 2.23 bits per heavy atom. The fraction of sp³-hybridized carbons (Fsp3) is 0.556. The van der Waals surface area contributed by atoms with E-state index >= 15 is 0 Å². The molecule has 0 saturated carbocycles. The minimum absolute atomic E-state index is 0.0416. The van der Waals surface area contributed by atoms with Crippen LogP contribution in [0.25, 0.3) is 0 Å². The van der Waals surface area contributed by atoms with Crippen molar-refractivity contribution in [3.05, 3.63) is 35.4 Å². The normalized spacial score (nSPS) is 17.3. The van der Waals surface area contributed by atoms with Crippen LogP contribution >= 0.6 is 0 Å². The number of nitrogens with zero attached hydrogens (tertiary/aromatic N) is 3. The van der Waals surface area contributed by atoms with E-state index in [9.17, 15) is 10.1 Å². The molecule has 1 heterocycles. The summed E-state index contributed by atoms with van der Waals surface area (Å²) in [5.41, 5.74) is 2.33. The topological polar surface area (TPSA) is 47.3 Å². The summed E-state index contributed by atoms with van der Waals surface area (Å²) in [5.74, 6) is 0.250. The fourth-order valence-electron chi connectivity index (χ4n) is 2.87. The third kappa shape index (κ3) is 3.66. The van der Waals surface area contributed by atoms with Gasteiger partial charge in [-0.05, 0) is 17.5 Å². The van der Waals surface area contributed by atoms with Gasteiger partial charge in [0.1, 0.15) is 6.04 Å². The van der Waals surface area contributed by atoms with Gasteiger partial charge in [-0.3, -0.25) is 9.69 Å². The lowest BCUT2D eigenvalue weighted by atomic mass is 10.0. The van der Waals surface area contributed by atoms with E-state index < -0.39 is 0 Å². The highest BCUT2D eigenvalue weighted by Gasteiger charge is 2.27. The second kappa shape index (κ2) is 7.42. The molecule has 0 N–H and O–H groups in total. The molecule has 1 aromatic rings. The van der Waals surface area contributed by atoms with Crippen LogP contribution < -0.4 is 0 Å². The van der Waals surface area contributed by atoms with Gasteiger partial charge < -0.3 is 4.90 Å². The Morgan fingerprint density at radius 1 is 1.18 bits per heavy atom. The summed E-state index contributed by atoms with van der Waals surface area (Å²) in [5, 5.41) is 9.55. The molecule has 1 amide bonds. The molecule has 4 heteroatoms. The van der Waals surface area contributed by atoms with Crippen molar-refractivity contribution in [2.75, 3.05) is 26.2 Å². The Hall–Kier alpha value is -1.86. The average molecular weight is 299 g/mol. The number of amides is 1. The molecular weight excluding hydrogens is 274 g/mol. The minimum atomic E-state index is -0.220. The number of hydrogen-bond donors (Lipinski definition) is 0. The molecule has 0 bridgehead atoms. The Kier molecular flexibility index (Phi) is 5.57. The molecule has 1 saturated heterocycles. The predicted octanol–water partition coefficient (Wildman–Crippen LogP) is 2.61. The molecule has 2 rings (SSSR count). The van der Waals surface area contributed by atoms with E-state index in [0.717, 1.165) is 25.1 Å². The molecule has 1 aromatic carbocycles. The monoisotopic (exact) mass is 299 g/mol. The molecule has 118 valence electrons. The van der Waals surface area contributed by atoms with Crippen molar-refractivity contribution in [1.29, 1.82) is 5.26 Å². The Balaban J connectivity index is 2.01. The van der Waals surface area contributed by atoms with E-state index in [0.29, 0.717) is 13.1 Å². The number of hydrogen-bond acceptors (Lipinski definition) is 3. The Morgan fingerprint density at radius 2 is 1.77 bits per heavy atom. The molecule has 1 atom stereocenters. The van der Waals surface area contributed by atoms with Gasteiger partial charge in [0, 0.05) is 32.1 Å². The standard InChI is InChI=1S/C18H25N3O/c1-4-15-5-7-16(8-6-15)17(13-19)20-9-11-21(12-10-20)18(22)14(2)3/h5-8,14,17H,4,9-12H2,1-3H3. The minimum Gasteiger partial charge on any atom is -0.340 e. The first-order chi connectivity index (χ1) is 10.6. The van der Waals surface area contributed by atoms with E-state index in [1.807, 2.05) is 18.7 Å². The van der Waals surface area contributed by atoms with Gasteiger partial charge >= 0.3 is 0 Å². The van der Waals surface area contributed by atoms with Gasteiger partial charge in [-0.1, -0.05) is 45.0 Å². The lowest BCUT2D eigenvalue weighted by Crippen LogP contribution is -2.50. The van der Waals surface area contributed by atoms with Gasteiger partial charge in [-0.2, -0.15) is 5.26 Å². The zero-order valence-corrected chi connectivity index (χ0v) is 13.7. The summed E-state index contributed by atoms with van der Waals surface area (Å²) in [6.45, 7) is 8.93. The van der Waals surface area contributed by atoms with Crippen molar-refractivity contribution in [2.45, 2.75) is 33.2 Å². The quantitative estimate of drug-likeness (QED) is 0.858. The Labute approximate surface area is 133 Å². The molecule has 1 aliphatic heterocycles. The van der Waals surface area contributed by atoms with E-state index in [-0.39, 0.29) is 17.9 Å². The number of carbonyl (C=O) groups is 1. The van der Waals surface area contributed by atoms with Crippen molar-refractivity contribution in [2.24, 2.45) is 5.92 Å². The molecule has 0 spiro atoms. The van der Waals surface area contributed by atoms with Gasteiger partial charge in [0.05, 0.1) is 6.07 Å². The summed E-state index contributed by atoms with van der Waals surface area (Å²) < 4.78 is 0. The second-order valence-electron chi connectivity index (χ2n) is 6.14. The SMILES string of the molecule is CCc1ccc(C(C#N)N2CCN(C(=O)C(C)C)CC2)cc1. The van der Waals surface area contributed by atoms with Crippen LogP contribution in [-0.4, -0.2) is 41.9 Å². The number of nitriles is 1. The van der Waals surface area contributed by atoms with Crippen LogP contribution in [0.15, 0.2) is 24.3 Å². The highest BCUT2D eigenvalue weighted by molar-refractivity contribution is 5.78. The third-order valence-corrected chi connectivity index (χ3v) is 4.31. The largest absolute Gasteiger partial charge is 0.340 e. The molecule has 0 radical (unpaired) electrons. The first-order valence-corrected chi connectivity index (χ1v) is 8.08. The average Bonchev–Trinajstić information content (AvgIpc) is 2.56. The summed E-state index contributed by atoms with van der Waals surface area (Å²) in [4.78, 5) is 16.1. The first kappa shape index (κ1) is 16.5. The molecule has 0 aliphatic carbocycles. The number of aryl methyl sites for hydroxylation is 1. The summed E-state index contributed by atoms with van der Waals surface area (Å²) in [7, 11) is 0. The highest BCUT2D eigenvalue weighted by atomic mass is 16.2. The van der Waals surface area contributed by atoms with E-state index in [1.54, 1.807) is 0 Å². The van der Waals surface area contributed by atoms with Crippen molar-refractivity contribution in [3.63, 3.8) is 0 Å². The zero-order valence-electron chi connectivity index (χ0n) is 13.7. The molecule has 0 aromatic heterocycles. The van der Waals surface area contributed by atoms with Gasteiger partial charge in [0.25, 0.3) is 0 Å². The van der Waals surface area contributed by atoms with Crippen LogP contribution in [0, 0.1) is 17.2 Å².